The molecule has 0 radical (unpaired) electrons. The SMILES string of the molecule is Cc1ccccc1-c1nc(C(=O)NCC(C)(C)N)cs1. The van der Waals surface area contributed by atoms with E-state index < -0.39 is 5.54 Å². The molecule has 4 nitrogen and oxygen atoms in total. The Kier molecular flexibility index (Phi) is 4.20. The first-order chi connectivity index (χ1) is 9.37. The van der Waals surface area contributed by atoms with Gasteiger partial charge in [0.1, 0.15) is 10.7 Å². The number of aryl methyl sites for hydroxylation is 1. The summed E-state index contributed by atoms with van der Waals surface area (Å²) in [5.74, 6) is -0.181. The van der Waals surface area contributed by atoms with Crippen molar-refractivity contribution >= 4 is 17.2 Å². The number of thiazole rings is 1. The molecule has 20 heavy (non-hydrogen) atoms. The van der Waals surface area contributed by atoms with Gasteiger partial charge in [-0.2, -0.15) is 0 Å². The Morgan fingerprint density at radius 1 is 1.40 bits per heavy atom. The highest BCUT2D eigenvalue weighted by Gasteiger charge is 2.16. The van der Waals surface area contributed by atoms with E-state index in [-0.39, 0.29) is 5.91 Å². The number of hydrogen-bond donors (Lipinski definition) is 2. The molecule has 0 aliphatic carbocycles. The largest absolute Gasteiger partial charge is 0.349 e. The van der Waals surface area contributed by atoms with Crippen molar-refractivity contribution < 1.29 is 4.79 Å². The molecule has 2 rings (SSSR count). The highest BCUT2D eigenvalue weighted by atomic mass is 32.1. The van der Waals surface area contributed by atoms with Crippen molar-refractivity contribution in [3.63, 3.8) is 0 Å². The lowest BCUT2D eigenvalue weighted by Gasteiger charge is -2.18. The second-order valence-corrected chi connectivity index (χ2v) is 6.38. The predicted octanol–water partition coefficient (Wildman–Crippen LogP) is 2.59. The number of aromatic nitrogens is 1. The Morgan fingerprint density at radius 3 is 2.75 bits per heavy atom. The van der Waals surface area contributed by atoms with Crippen LogP contribution in [0.5, 0.6) is 0 Å². The van der Waals surface area contributed by atoms with Crippen molar-refractivity contribution in [2.45, 2.75) is 26.3 Å². The van der Waals surface area contributed by atoms with Gasteiger partial charge in [0.2, 0.25) is 0 Å². The molecule has 0 spiro atoms. The van der Waals surface area contributed by atoms with Crippen LogP contribution < -0.4 is 11.1 Å². The van der Waals surface area contributed by atoms with Crippen molar-refractivity contribution in [2.24, 2.45) is 5.73 Å². The average molecular weight is 289 g/mol. The number of amides is 1. The van der Waals surface area contributed by atoms with Crippen molar-refractivity contribution in [3.05, 3.63) is 40.9 Å². The van der Waals surface area contributed by atoms with Gasteiger partial charge in [-0.25, -0.2) is 4.98 Å². The lowest BCUT2D eigenvalue weighted by Crippen LogP contribution is -2.45. The highest BCUT2D eigenvalue weighted by Crippen LogP contribution is 2.26. The Labute approximate surface area is 123 Å². The van der Waals surface area contributed by atoms with Gasteiger partial charge in [0.15, 0.2) is 0 Å². The van der Waals surface area contributed by atoms with Gasteiger partial charge in [-0.1, -0.05) is 24.3 Å². The van der Waals surface area contributed by atoms with Gasteiger partial charge in [0.05, 0.1) is 0 Å². The van der Waals surface area contributed by atoms with Crippen LogP contribution in [0.4, 0.5) is 0 Å². The summed E-state index contributed by atoms with van der Waals surface area (Å²) in [5, 5.41) is 5.44. The number of nitrogens with one attached hydrogen (secondary N) is 1. The van der Waals surface area contributed by atoms with E-state index in [4.69, 9.17) is 5.73 Å². The molecular formula is C15H19N3OS. The Hall–Kier alpha value is -1.72. The van der Waals surface area contributed by atoms with E-state index in [1.165, 1.54) is 11.3 Å². The van der Waals surface area contributed by atoms with Crippen molar-refractivity contribution in [1.82, 2.24) is 10.3 Å². The summed E-state index contributed by atoms with van der Waals surface area (Å²) in [6, 6.07) is 8.01. The average Bonchev–Trinajstić information content (AvgIpc) is 2.85. The minimum atomic E-state index is -0.426. The van der Waals surface area contributed by atoms with Gasteiger partial charge in [-0.15, -0.1) is 11.3 Å². The third kappa shape index (κ3) is 3.65. The maximum Gasteiger partial charge on any atom is 0.270 e. The predicted molar refractivity (Wildman–Crippen MR) is 82.9 cm³/mol. The standard InChI is InChI=1S/C15H19N3OS/c1-10-6-4-5-7-11(10)14-18-12(8-20-14)13(19)17-9-15(2,3)16/h4-8H,9,16H2,1-3H3,(H,17,19). The quantitative estimate of drug-likeness (QED) is 0.909. The zero-order chi connectivity index (χ0) is 14.8. The summed E-state index contributed by atoms with van der Waals surface area (Å²) >= 11 is 1.48. The van der Waals surface area contributed by atoms with Gasteiger partial charge < -0.3 is 11.1 Å². The first-order valence-electron chi connectivity index (χ1n) is 6.45. The fourth-order valence-corrected chi connectivity index (χ4v) is 2.60. The topological polar surface area (TPSA) is 68.0 Å². The number of carbonyl (C=O) groups excluding carboxylic acids is 1. The second kappa shape index (κ2) is 5.73. The van der Waals surface area contributed by atoms with E-state index in [1.807, 2.05) is 45.0 Å². The highest BCUT2D eigenvalue weighted by molar-refractivity contribution is 7.13. The normalized spacial score (nSPS) is 11.4. The zero-order valence-electron chi connectivity index (χ0n) is 11.9. The molecule has 106 valence electrons. The number of nitrogens with zero attached hydrogens (tertiary/aromatic N) is 1. The van der Waals surface area contributed by atoms with E-state index in [0.717, 1.165) is 16.1 Å². The molecule has 1 amide bonds. The lowest BCUT2D eigenvalue weighted by atomic mass is 10.1. The molecule has 0 fully saturated rings. The Morgan fingerprint density at radius 2 is 2.10 bits per heavy atom. The smallest absolute Gasteiger partial charge is 0.270 e. The third-order valence-corrected chi connectivity index (χ3v) is 3.69. The van der Waals surface area contributed by atoms with Crippen molar-refractivity contribution in [3.8, 4) is 10.6 Å². The minimum absolute atomic E-state index is 0.181. The fourth-order valence-electron chi connectivity index (χ4n) is 1.71. The number of benzene rings is 1. The Balaban J connectivity index is 2.13. The molecule has 2 aromatic rings. The summed E-state index contributed by atoms with van der Waals surface area (Å²) in [6.07, 6.45) is 0. The first kappa shape index (κ1) is 14.7. The third-order valence-electron chi connectivity index (χ3n) is 2.82. The molecular weight excluding hydrogens is 270 g/mol. The van der Waals surface area contributed by atoms with Gasteiger partial charge in [-0.05, 0) is 26.3 Å². The summed E-state index contributed by atoms with van der Waals surface area (Å²) in [7, 11) is 0. The van der Waals surface area contributed by atoms with E-state index in [1.54, 1.807) is 5.38 Å². The van der Waals surface area contributed by atoms with Crippen molar-refractivity contribution in [1.29, 1.82) is 0 Å². The van der Waals surface area contributed by atoms with Crippen LogP contribution in [0.3, 0.4) is 0 Å². The molecule has 1 aromatic carbocycles. The lowest BCUT2D eigenvalue weighted by molar-refractivity contribution is 0.0942. The minimum Gasteiger partial charge on any atom is -0.349 e. The maximum absolute atomic E-state index is 12.0. The van der Waals surface area contributed by atoms with Crippen LogP contribution >= 0.6 is 11.3 Å². The summed E-state index contributed by atoms with van der Waals surface area (Å²) in [4.78, 5) is 16.4. The molecule has 1 aromatic heterocycles. The molecule has 3 N–H and O–H groups in total. The molecule has 0 saturated heterocycles. The molecule has 0 atom stereocenters. The Bertz CT molecular complexity index is 614. The van der Waals surface area contributed by atoms with E-state index in [9.17, 15) is 4.79 Å². The summed E-state index contributed by atoms with van der Waals surface area (Å²) in [6.45, 7) is 6.19. The van der Waals surface area contributed by atoms with Crippen LogP contribution in [0, 0.1) is 6.92 Å². The number of rotatable bonds is 4. The number of hydrogen-bond acceptors (Lipinski definition) is 4. The molecule has 1 heterocycles. The maximum atomic E-state index is 12.0. The molecule has 0 unspecified atom stereocenters. The summed E-state index contributed by atoms with van der Waals surface area (Å²) < 4.78 is 0. The van der Waals surface area contributed by atoms with Gasteiger partial charge in [-0.3, -0.25) is 4.79 Å². The van der Waals surface area contributed by atoms with Crippen LogP contribution in [0.1, 0.15) is 29.9 Å². The second-order valence-electron chi connectivity index (χ2n) is 5.52. The molecule has 0 aliphatic rings. The van der Waals surface area contributed by atoms with Gasteiger partial charge in [0, 0.05) is 23.0 Å². The molecule has 0 aliphatic heterocycles. The molecule has 0 saturated carbocycles. The monoisotopic (exact) mass is 289 g/mol. The van der Waals surface area contributed by atoms with Crippen LogP contribution in [0.2, 0.25) is 0 Å². The molecule has 0 bridgehead atoms. The first-order valence-corrected chi connectivity index (χ1v) is 7.33. The van der Waals surface area contributed by atoms with Crippen LogP contribution in [-0.4, -0.2) is 23.0 Å². The van der Waals surface area contributed by atoms with E-state index >= 15 is 0 Å². The zero-order valence-corrected chi connectivity index (χ0v) is 12.8. The fraction of sp³-hybridized carbons (Fsp3) is 0.333. The van der Waals surface area contributed by atoms with E-state index in [2.05, 4.69) is 10.3 Å². The van der Waals surface area contributed by atoms with Gasteiger partial charge >= 0.3 is 0 Å². The van der Waals surface area contributed by atoms with Crippen molar-refractivity contribution in [2.75, 3.05) is 6.54 Å². The van der Waals surface area contributed by atoms with E-state index in [0.29, 0.717) is 12.2 Å². The van der Waals surface area contributed by atoms with Gasteiger partial charge in [0.25, 0.3) is 5.91 Å². The number of carbonyl (C=O) groups is 1. The summed E-state index contributed by atoms with van der Waals surface area (Å²) in [5.41, 5.74) is 8.08. The van der Waals surface area contributed by atoms with Crippen LogP contribution in [-0.2, 0) is 0 Å². The number of nitrogens with two attached hydrogens (primary N) is 1. The van der Waals surface area contributed by atoms with Crippen LogP contribution in [0.25, 0.3) is 10.6 Å². The van der Waals surface area contributed by atoms with Crippen LogP contribution in [0.15, 0.2) is 29.6 Å². The molecule has 5 heteroatoms.